The SMILES string of the molecule is COC(=O)CC(=O)/C=C/N(Cc1ccccc1)[C@H](Cc1c[nH]c2ccccc12)C(=O)OC. The van der Waals surface area contributed by atoms with Crippen molar-refractivity contribution in [3.05, 3.63) is 84.2 Å². The van der Waals surface area contributed by atoms with Gasteiger partial charge >= 0.3 is 11.9 Å². The Balaban J connectivity index is 1.92. The monoisotopic (exact) mass is 434 g/mol. The van der Waals surface area contributed by atoms with E-state index < -0.39 is 23.8 Å². The number of H-pyrrole nitrogens is 1. The molecule has 0 unspecified atom stereocenters. The van der Waals surface area contributed by atoms with Gasteiger partial charge in [0.15, 0.2) is 5.78 Å². The summed E-state index contributed by atoms with van der Waals surface area (Å²) < 4.78 is 9.65. The summed E-state index contributed by atoms with van der Waals surface area (Å²) in [7, 11) is 2.58. The number of aromatic amines is 1. The molecule has 0 fully saturated rings. The molecular formula is C25H26N2O5. The van der Waals surface area contributed by atoms with Gasteiger partial charge < -0.3 is 19.4 Å². The molecule has 32 heavy (non-hydrogen) atoms. The van der Waals surface area contributed by atoms with Gasteiger partial charge in [0.1, 0.15) is 12.5 Å². The van der Waals surface area contributed by atoms with E-state index in [1.807, 2.05) is 60.8 Å². The normalized spacial score (nSPS) is 11.9. The second-order valence-electron chi connectivity index (χ2n) is 7.30. The van der Waals surface area contributed by atoms with Gasteiger partial charge in [-0.1, -0.05) is 48.5 Å². The quantitative estimate of drug-likeness (QED) is 0.299. The van der Waals surface area contributed by atoms with Gasteiger partial charge in [0, 0.05) is 36.3 Å². The Bertz CT molecular complexity index is 1100. The lowest BCUT2D eigenvalue weighted by molar-refractivity contribution is -0.146. The van der Waals surface area contributed by atoms with E-state index in [2.05, 4.69) is 9.72 Å². The van der Waals surface area contributed by atoms with Crippen molar-refractivity contribution in [2.45, 2.75) is 25.4 Å². The van der Waals surface area contributed by atoms with Crippen molar-refractivity contribution in [2.24, 2.45) is 0 Å². The maximum absolute atomic E-state index is 12.8. The van der Waals surface area contributed by atoms with Crippen LogP contribution in [-0.4, -0.2) is 47.9 Å². The maximum Gasteiger partial charge on any atom is 0.328 e. The minimum atomic E-state index is -0.679. The molecule has 0 radical (unpaired) electrons. The van der Waals surface area contributed by atoms with Gasteiger partial charge in [-0.05, 0) is 23.3 Å². The number of rotatable bonds is 10. The predicted molar refractivity (Wildman–Crippen MR) is 121 cm³/mol. The smallest absolute Gasteiger partial charge is 0.328 e. The molecule has 1 aromatic heterocycles. The number of para-hydroxylation sites is 1. The summed E-state index contributed by atoms with van der Waals surface area (Å²) in [6, 6.07) is 16.8. The zero-order valence-corrected chi connectivity index (χ0v) is 18.1. The van der Waals surface area contributed by atoms with Crippen LogP contribution in [0.4, 0.5) is 0 Å². The molecule has 3 aromatic rings. The number of carbonyl (C=O) groups excluding carboxylic acids is 3. The molecule has 0 aliphatic heterocycles. The summed E-state index contributed by atoms with van der Waals surface area (Å²) in [5.41, 5.74) is 2.90. The summed E-state index contributed by atoms with van der Waals surface area (Å²) in [5, 5.41) is 1.02. The topological polar surface area (TPSA) is 88.7 Å². The highest BCUT2D eigenvalue weighted by atomic mass is 16.5. The standard InChI is InChI=1S/C25H26N2O5/c1-31-24(29)15-20(28)12-13-27(17-18-8-4-3-5-9-18)23(25(30)32-2)14-19-16-26-22-11-7-6-10-21(19)22/h3-13,16,23,26H,14-15,17H2,1-2H3/b13-12+/t23-/m1/s1. The van der Waals surface area contributed by atoms with Gasteiger partial charge in [0.2, 0.25) is 0 Å². The molecule has 3 rings (SSSR count). The Kier molecular flexibility index (Phi) is 7.80. The number of fused-ring (bicyclic) bond motifs is 1. The molecule has 0 saturated heterocycles. The van der Waals surface area contributed by atoms with Gasteiger partial charge in [-0.15, -0.1) is 0 Å². The second kappa shape index (κ2) is 10.9. The number of carbonyl (C=O) groups is 3. The third-order valence-corrected chi connectivity index (χ3v) is 5.17. The van der Waals surface area contributed by atoms with Crippen LogP contribution < -0.4 is 0 Å². The highest BCUT2D eigenvalue weighted by molar-refractivity contribution is 6.01. The number of hydrogen-bond donors (Lipinski definition) is 1. The number of hydrogen-bond acceptors (Lipinski definition) is 6. The van der Waals surface area contributed by atoms with E-state index in [0.717, 1.165) is 22.0 Å². The maximum atomic E-state index is 12.8. The average molecular weight is 434 g/mol. The Morgan fingerprint density at radius 2 is 1.72 bits per heavy atom. The minimum absolute atomic E-state index is 0.364. The molecule has 7 heteroatoms. The van der Waals surface area contributed by atoms with Crippen molar-refractivity contribution in [2.75, 3.05) is 14.2 Å². The van der Waals surface area contributed by atoms with Crippen LogP contribution in [0.1, 0.15) is 17.5 Å². The van der Waals surface area contributed by atoms with Crippen molar-refractivity contribution in [3.63, 3.8) is 0 Å². The molecule has 0 amide bonds. The van der Waals surface area contributed by atoms with Crippen LogP contribution in [0, 0.1) is 0 Å². The third kappa shape index (κ3) is 5.85. The van der Waals surface area contributed by atoms with Crippen LogP contribution in [0.15, 0.2) is 73.1 Å². The van der Waals surface area contributed by atoms with Crippen molar-refractivity contribution in [3.8, 4) is 0 Å². The summed E-state index contributed by atoms with van der Waals surface area (Å²) in [5.74, 6) is -1.44. The number of nitrogens with zero attached hydrogens (tertiary/aromatic N) is 1. The van der Waals surface area contributed by atoms with Gasteiger partial charge in [0.25, 0.3) is 0 Å². The lowest BCUT2D eigenvalue weighted by Gasteiger charge is -2.29. The lowest BCUT2D eigenvalue weighted by Crippen LogP contribution is -2.40. The fourth-order valence-electron chi connectivity index (χ4n) is 3.49. The fourth-order valence-corrected chi connectivity index (χ4v) is 3.49. The van der Waals surface area contributed by atoms with Gasteiger partial charge in [-0.3, -0.25) is 9.59 Å². The minimum Gasteiger partial charge on any atom is -0.469 e. The van der Waals surface area contributed by atoms with Crippen LogP contribution in [0.5, 0.6) is 0 Å². The van der Waals surface area contributed by atoms with Crippen LogP contribution in [-0.2, 0) is 36.8 Å². The first-order valence-corrected chi connectivity index (χ1v) is 10.2. The number of benzene rings is 2. The number of methoxy groups -OCH3 is 2. The molecule has 1 atom stereocenters. The molecule has 1 heterocycles. The Morgan fingerprint density at radius 1 is 1.00 bits per heavy atom. The van der Waals surface area contributed by atoms with E-state index in [-0.39, 0.29) is 6.42 Å². The molecule has 166 valence electrons. The number of ether oxygens (including phenoxy) is 2. The van der Waals surface area contributed by atoms with Crippen molar-refractivity contribution in [1.29, 1.82) is 0 Å². The van der Waals surface area contributed by atoms with Gasteiger partial charge in [-0.2, -0.15) is 0 Å². The van der Waals surface area contributed by atoms with Crippen LogP contribution in [0.3, 0.4) is 0 Å². The first-order valence-electron chi connectivity index (χ1n) is 10.2. The highest BCUT2D eigenvalue weighted by Crippen LogP contribution is 2.22. The van der Waals surface area contributed by atoms with E-state index in [1.165, 1.54) is 20.3 Å². The molecule has 2 aromatic carbocycles. The summed E-state index contributed by atoms with van der Waals surface area (Å²) in [6.45, 7) is 0.380. The zero-order chi connectivity index (χ0) is 22.9. The Morgan fingerprint density at radius 3 is 2.44 bits per heavy atom. The summed E-state index contributed by atoms with van der Waals surface area (Å²) in [6.07, 6.45) is 4.74. The predicted octanol–water partition coefficient (Wildman–Crippen LogP) is 3.40. The number of allylic oxidation sites excluding steroid dienone is 1. The zero-order valence-electron chi connectivity index (χ0n) is 18.1. The molecule has 0 aliphatic carbocycles. The number of ketones is 1. The molecule has 1 N–H and O–H groups in total. The van der Waals surface area contributed by atoms with E-state index >= 15 is 0 Å². The number of aromatic nitrogens is 1. The lowest BCUT2D eigenvalue weighted by atomic mass is 10.0. The van der Waals surface area contributed by atoms with E-state index in [9.17, 15) is 14.4 Å². The van der Waals surface area contributed by atoms with Crippen LogP contribution >= 0.6 is 0 Å². The molecule has 7 nitrogen and oxygen atoms in total. The highest BCUT2D eigenvalue weighted by Gasteiger charge is 2.26. The van der Waals surface area contributed by atoms with Crippen LogP contribution in [0.25, 0.3) is 10.9 Å². The Hall–Kier alpha value is -3.87. The van der Waals surface area contributed by atoms with Gasteiger partial charge in [0.05, 0.1) is 14.2 Å². The average Bonchev–Trinajstić information content (AvgIpc) is 3.23. The molecular weight excluding hydrogens is 408 g/mol. The van der Waals surface area contributed by atoms with Crippen molar-refractivity contribution in [1.82, 2.24) is 9.88 Å². The molecule has 0 aliphatic rings. The fraction of sp³-hybridized carbons (Fsp3) is 0.240. The first kappa shape index (κ1) is 22.8. The first-order chi connectivity index (χ1) is 15.5. The van der Waals surface area contributed by atoms with Crippen molar-refractivity contribution < 1.29 is 23.9 Å². The van der Waals surface area contributed by atoms with E-state index in [0.29, 0.717) is 13.0 Å². The van der Waals surface area contributed by atoms with Crippen molar-refractivity contribution >= 4 is 28.6 Å². The van der Waals surface area contributed by atoms with E-state index in [4.69, 9.17) is 4.74 Å². The van der Waals surface area contributed by atoms with Crippen LogP contribution in [0.2, 0.25) is 0 Å². The largest absolute Gasteiger partial charge is 0.469 e. The second-order valence-corrected chi connectivity index (χ2v) is 7.30. The van der Waals surface area contributed by atoms with Gasteiger partial charge in [-0.25, -0.2) is 4.79 Å². The molecule has 0 spiro atoms. The molecule has 0 saturated carbocycles. The third-order valence-electron chi connectivity index (χ3n) is 5.17. The number of nitrogens with one attached hydrogen (secondary N) is 1. The van der Waals surface area contributed by atoms with E-state index in [1.54, 1.807) is 11.1 Å². The molecule has 0 bridgehead atoms. The Labute approximate surface area is 186 Å². The number of esters is 2. The summed E-state index contributed by atoms with van der Waals surface area (Å²) >= 11 is 0. The summed E-state index contributed by atoms with van der Waals surface area (Å²) in [4.78, 5) is 41.4.